The first-order valence-electron chi connectivity index (χ1n) is 6.67. The molecule has 0 aromatic heterocycles. The van der Waals surface area contributed by atoms with E-state index in [-0.39, 0.29) is 5.91 Å². The second-order valence-electron chi connectivity index (χ2n) is 5.62. The summed E-state index contributed by atoms with van der Waals surface area (Å²) >= 11 is 0. The van der Waals surface area contributed by atoms with E-state index in [1.165, 1.54) is 5.56 Å². The molecule has 0 heterocycles. The third kappa shape index (κ3) is 2.66. The van der Waals surface area contributed by atoms with Crippen LogP contribution < -0.4 is 11.1 Å². The van der Waals surface area contributed by atoms with E-state index in [1.807, 2.05) is 25.1 Å². The molecule has 1 aromatic rings. The maximum absolute atomic E-state index is 11.8. The first-order valence-corrected chi connectivity index (χ1v) is 6.67. The number of hydrogen-bond donors (Lipinski definition) is 2. The first-order chi connectivity index (χ1) is 8.52. The molecular formula is C15H22N2O. The molecule has 0 bridgehead atoms. The van der Waals surface area contributed by atoms with Crippen LogP contribution in [0.2, 0.25) is 0 Å². The summed E-state index contributed by atoms with van der Waals surface area (Å²) in [7, 11) is 0. The van der Waals surface area contributed by atoms with Gasteiger partial charge in [-0.1, -0.05) is 19.1 Å². The van der Waals surface area contributed by atoms with Crippen LogP contribution in [-0.4, -0.2) is 11.4 Å². The third-order valence-corrected chi connectivity index (χ3v) is 4.00. The summed E-state index contributed by atoms with van der Waals surface area (Å²) in [5.74, 6) is 0.465. The van der Waals surface area contributed by atoms with Gasteiger partial charge in [-0.25, -0.2) is 0 Å². The molecule has 1 fully saturated rings. The number of nitrogens with one attached hydrogen (secondary N) is 1. The third-order valence-electron chi connectivity index (χ3n) is 4.00. The number of carbonyl (C=O) groups is 1. The van der Waals surface area contributed by atoms with Gasteiger partial charge in [0.1, 0.15) is 5.54 Å². The van der Waals surface area contributed by atoms with Crippen molar-refractivity contribution in [1.82, 2.24) is 0 Å². The standard InChI is InChI=1S/C15H22N2O/c1-11-6-8-15(9-7-11,14(16)18)17-13-5-3-4-12(2)10-13/h3-5,10-11,17H,6-9H2,1-2H3,(H2,16,18). The number of hydrogen-bond acceptors (Lipinski definition) is 2. The highest BCUT2D eigenvalue weighted by Gasteiger charge is 2.39. The minimum atomic E-state index is -0.555. The van der Waals surface area contributed by atoms with Crippen LogP contribution >= 0.6 is 0 Å². The van der Waals surface area contributed by atoms with Crippen molar-refractivity contribution in [2.24, 2.45) is 11.7 Å². The molecule has 0 spiro atoms. The van der Waals surface area contributed by atoms with E-state index in [1.54, 1.807) is 0 Å². The lowest BCUT2D eigenvalue weighted by molar-refractivity contribution is -0.123. The van der Waals surface area contributed by atoms with Gasteiger partial charge in [-0.2, -0.15) is 0 Å². The highest BCUT2D eigenvalue weighted by molar-refractivity contribution is 5.88. The van der Waals surface area contributed by atoms with Crippen molar-refractivity contribution in [3.05, 3.63) is 29.8 Å². The molecule has 1 aliphatic carbocycles. The fourth-order valence-corrected chi connectivity index (χ4v) is 2.69. The Morgan fingerprint density at radius 2 is 2.06 bits per heavy atom. The number of anilines is 1. The number of amides is 1. The van der Waals surface area contributed by atoms with Crippen LogP contribution in [0, 0.1) is 12.8 Å². The summed E-state index contributed by atoms with van der Waals surface area (Å²) in [5.41, 5.74) is 7.25. The van der Waals surface area contributed by atoms with E-state index >= 15 is 0 Å². The summed E-state index contributed by atoms with van der Waals surface area (Å²) in [6.45, 7) is 4.28. The summed E-state index contributed by atoms with van der Waals surface area (Å²) in [5, 5.41) is 3.38. The Labute approximate surface area is 109 Å². The van der Waals surface area contributed by atoms with Crippen LogP contribution in [0.3, 0.4) is 0 Å². The Hall–Kier alpha value is -1.51. The van der Waals surface area contributed by atoms with Crippen LogP contribution in [0.4, 0.5) is 5.69 Å². The Bertz CT molecular complexity index is 434. The van der Waals surface area contributed by atoms with Gasteiger partial charge in [0.25, 0.3) is 0 Å². The van der Waals surface area contributed by atoms with E-state index in [2.05, 4.69) is 18.3 Å². The summed E-state index contributed by atoms with van der Waals surface area (Å²) in [6, 6.07) is 8.10. The minimum absolute atomic E-state index is 0.226. The molecule has 1 aliphatic rings. The van der Waals surface area contributed by atoms with Crippen molar-refractivity contribution >= 4 is 11.6 Å². The van der Waals surface area contributed by atoms with Crippen molar-refractivity contribution in [1.29, 1.82) is 0 Å². The zero-order chi connectivity index (χ0) is 13.2. The van der Waals surface area contributed by atoms with Crippen molar-refractivity contribution < 1.29 is 4.79 Å². The SMILES string of the molecule is Cc1cccc(NC2(C(N)=O)CCC(C)CC2)c1. The predicted molar refractivity (Wildman–Crippen MR) is 74.4 cm³/mol. The van der Waals surface area contributed by atoms with Crippen molar-refractivity contribution in [3.63, 3.8) is 0 Å². The van der Waals surface area contributed by atoms with Crippen molar-refractivity contribution in [2.75, 3.05) is 5.32 Å². The number of nitrogens with two attached hydrogens (primary N) is 1. The van der Waals surface area contributed by atoms with Crippen molar-refractivity contribution in [3.8, 4) is 0 Å². The maximum atomic E-state index is 11.8. The Balaban J connectivity index is 2.19. The van der Waals surface area contributed by atoms with Gasteiger partial charge < -0.3 is 11.1 Å². The second kappa shape index (κ2) is 5.01. The Morgan fingerprint density at radius 1 is 1.39 bits per heavy atom. The molecular weight excluding hydrogens is 224 g/mol. The minimum Gasteiger partial charge on any atom is -0.371 e. The highest BCUT2D eigenvalue weighted by atomic mass is 16.1. The molecule has 0 saturated heterocycles. The van der Waals surface area contributed by atoms with Gasteiger partial charge in [-0.15, -0.1) is 0 Å². The lowest BCUT2D eigenvalue weighted by atomic mass is 9.76. The van der Waals surface area contributed by atoms with E-state index in [0.717, 1.165) is 31.4 Å². The smallest absolute Gasteiger partial charge is 0.243 e. The number of rotatable bonds is 3. The van der Waals surface area contributed by atoms with Gasteiger partial charge in [0.15, 0.2) is 0 Å². The highest BCUT2D eigenvalue weighted by Crippen LogP contribution is 2.34. The fourth-order valence-electron chi connectivity index (χ4n) is 2.69. The Kier molecular flexibility index (Phi) is 3.60. The van der Waals surface area contributed by atoms with E-state index in [4.69, 9.17) is 5.73 Å². The average molecular weight is 246 g/mol. The molecule has 2 rings (SSSR count). The largest absolute Gasteiger partial charge is 0.371 e. The second-order valence-corrected chi connectivity index (χ2v) is 5.62. The molecule has 98 valence electrons. The monoisotopic (exact) mass is 246 g/mol. The lowest BCUT2D eigenvalue weighted by Gasteiger charge is -2.38. The van der Waals surface area contributed by atoms with Crippen LogP contribution in [0.25, 0.3) is 0 Å². The molecule has 1 saturated carbocycles. The predicted octanol–water partition coefficient (Wildman–Crippen LogP) is 2.84. The molecule has 3 heteroatoms. The normalized spacial score (nSPS) is 27.8. The van der Waals surface area contributed by atoms with Crippen molar-refractivity contribution in [2.45, 2.75) is 45.1 Å². The summed E-state index contributed by atoms with van der Waals surface area (Å²) in [4.78, 5) is 11.8. The van der Waals surface area contributed by atoms with Gasteiger partial charge in [0.05, 0.1) is 0 Å². The zero-order valence-electron chi connectivity index (χ0n) is 11.2. The molecule has 0 radical (unpaired) electrons. The molecule has 18 heavy (non-hydrogen) atoms. The van der Waals surface area contributed by atoms with Crippen LogP contribution in [0.5, 0.6) is 0 Å². The molecule has 3 nitrogen and oxygen atoms in total. The maximum Gasteiger partial charge on any atom is 0.243 e. The van der Waals surface area contributed by atoms with Crippen LogP contribution in [0.15, 0.2) is 24.3 Å². The molecule has 1 amide bonds. The quantitative estimate of drug-likeness (QED) is 0.861. The fraction of sp³-hybridized carbons (Fsp3) is 0.533. The molecule has 0 atom stereocenters. The van der Waals surface area contributed by atoms with E-state index in [9.17, 15) is 4.79 Å². The zero-order valence-corrected chi connectivity index (χ0v) is 11.2. The van der Waals surface area contributed by atoms with Gasteiger partial charge in [0, 0.05) is 5.69 Å². The topological polar surface area (TPSA) is 55.1 Å². The van der Waals surface area contributed by atoms with Crippen LogP contribution in [-0.2, 0) is 4.79 Å². The molecule has 1 aromatic carbocycles. The summed E-state index contributed by atoms with van der Waals surface area (Å²) in [6.07, 6.45) is 3.78. The molecule has 0 unspecified atom stereocenters. The van der Waals surface area contributed by atoms with Gasteiger partial charge in [-0.05, 0) is 56.2 Å². The molecule has 3 N–H and O–H groups in total. The van der Waals surface area contributed by atoms with E-state index in [0.29, 0.717) is 5.92 Å². The van der Waals surface area contributed by atoms with Crippen LogP contribution in [0.1, 0.15) is 38.2 Å². The summed E-state index contributed by atoms with van der Waals surface area (Å²) < 4.78 is 0. The number of aryl methyl sites for hydroxylation is 1. The number of primary amides is 1. The van der Waals surface area contributed by atoms with Gasteiger partial charge in [-0.3, -0.25) is 4.79 Å². The Morgan fingerprint density at radius 3 is 2.61 bits per heavy atom. The van der Waals surface area contributed by atoms with Gasteiger partial charge in [0.2, 0.25) is 5.91 Å². The van der Waals surface area contributed by atoms with E-state index < -0.39 is 5.54 Å². The number of carbonyl (C=O) groups excluding carboxylic acids is 1. The van der Waals surface area contributed by atoms with Gasteiger partial charge >= 0.3 is 0 Å². The average Bonchev–Trinajstić information content (AvgIpc) is 2.32. The lowest BCUT2D eigenvalue weighted by Crippen LogP contribution is -2.52. The molecule has 0 aliphatic heterocycles. The number of benzene rings is 1. The first kappa shape index (κ1) is 12.9.